The number of carboxylic acid groups (broad SMARTS) is 1. The van der Waals surface area contributed by atoms with E-state index in [-0.39, 0.29) is 0 Å². The standard InChI is InChI=1S/C14H28N2O2/c1-10(2)9-16(11(3)4)12-6-5-7-14(15,8-12)13(17)18/h10-12H,5-9,15H2,1-4H3,(H,17,18). The van der Waals surface area contributed by atoms with Crippen molar-refractivity contribution >= 4 is 5.97 Å². The molecule has 4 nitrogen and oxygen atoms in total. The first-order valence-corrected chi connectivity index (χ1v) is 7.04. The third kappa shape index (κ3) is 3.69. The van der Waals surface area contributed by atoms with Gasteiger partial charge < -0.3 is 10.8 Å². The Morgan fingerprint density at radius 1 is 1.44 bits per heavy atom. The molecule has 1 aliphatic carbocycles. The monoisotopic (exact) mass is 256 g/mol. The second-order valence-corrected chi connectivity index (χ2v) is 6.40. The molecule has 0 amide bonds. The molecule has 0 aromatic heterocycles. The molecule has 4 heteroatoms. The summed E-state index contributed by atoms with van der Waals surface area (Å²) >= 11 is 0. The van der Waals surface area contributed by atoms with Crippen LogP contribution in [0, 0.1) is 5.92 Å². The molecular formula is C14H28N2O2. The van der Waals surface area contributed by atoms with Crippen LogP contribution in [0.25, 0.3) is 0 Å². The number of carboxylic acids is 1. The van der Waals surface area contributed by atoms with Gasteiger partial charge in [-0.15, -0.1) is 0 Å². The van der Waals surface area contributed by atoms with Crippen LogP contribution in [0.2, 0.25) is 0 Å². The van der Waals surface area contributed by atoms with E-state index >= 15 is 0 Å². The van der Waals surface area contributed by atoms with Crippen LogP contribution in [0.5, 0.6) is 0 Å². The van der Waals surface area contributed by atoms with Crippen LogP contribution >= 0.6 is 0 Å². The summed E-state index contributed by atoms with van der Waals surface area (Å²) in [5, 5.41) is 9.27. The molecule has 0 heterocycles. The van der Waals surface area contributed by atoms with Crippen molar-refractivity contribution in [3.8, 4) is 0 Å². The Labute approximate surface area is 111 Å². The van der Waals surface area contributed by atoms with E-state index in [2.05, 4.69) is 32.6 Å². The van der Waals surface area contributed by atoms with E-state index in [9.17, 15) is 9.90 Å². The van der Waals surface area contributed by atoms with Gasteiger partial charge in [0.15, 0.2) is 0 Å². The topological polar surface area (TPSA) is 66.6 Å². The van der Waals surface area contributed by atoms with Crippen LogP contribution in [-0.2, 0) is 4.79 Å². The zero-order valence-corrected chi connectivity index (χ0v) is 12.1. The summed E-state index contributed by atoms with van der Waals surface area (Å²) in [6.45, 7) is 9.76. The molecule has 0 radical (unpaired) electrons. The van der Waals surface area contributed by atoms with Crippen molar-refractivity contribution in [2.24, 2.45) is 11.7 Å². The van der Waals surface area contributed by atoms with Gasteiger partial charge in [0.05, 0.1) is 0 Å². The Morgan fingerprint density at radius 3 is 2.50 bits per heavy atom. The van der Waals surface area contributed by atoms with E-state index in [4.69, 9.17) is 5.73 Å². The van der Waals surface area contributed by atoms with Gasteiger partial charge in [-0.3, -0.25) is 9.69 Å². The van der Waals surface area contributed by atoms with Gasteiger partial charge in [-0.2, -0.15) is 0 Å². The normalized spacial score (nSPS) is 29.2. The molecule has 18 heavy (non-hydrogen) atoms. The molecule has 0 aliphatic heterocycles. The molecule has 106 valence electrons. The summed E-state index contributed by atoms with van der Waals surface area (Å²) in [5.41, 5.74) is 5.01. The predicted molar refractivity (Wildman–Crippen MR) is 73.5 cm³/mol. The van der Waals surface area contributed by atoms with Gasteiger partial charge >= 0.3 is 5.97 Å². The van der Waals surface area contributed by atoms with Crippen molar-refractivity contribution in [3.05, 3.63) is 0 Å². The summed E-state index contributed by atoms with van der Waals surface area (Å²) in [6, 6.07) is 0.746. The lowest BCUT2D eigenvalue weighted by atomic mass is 9.78. The molecular weight excluding hydrogens is 228 g/mol. The Hall–Kier alpha value is -0.610. The second-order valence-electron chi connectivity index (χ2n) is 6.40. The highest BCUT2D eigenvalue weighted by atomic mass is 16.4. The fraction of sp³-hybridized carbons (Fsp3) is 0.929. The largest absolute Gasteiger partial charge is 0.480 e. The number of hydrogen-bond acceptors (Lipinski definition) is 3. The Balaban J connectivity index is 2.77. The Kier molecular flexibility index (Phi) is 5.17. The number of hydrogen-bond donors (Lipinski definition) is 2. The molecule has 1 saturated carbocycles. The molecule has 0 saturated heterocycles. The summed E-state index contributed by atoms with van der Waals surface area (Å²) < 4.78 is 0. The van der Waals surface area contributed by atoms with Crippen LogP contribution in [0.15, 0.2) is 0 Å². The van der Waals surface area contributed by atoms with Crippen LogP contribution < -0.4 is 5.73 Å². The maximum absolute atomic E-state index is 11.3. The average Bonchev–Trinajstić information content (AvgIpc) is 2.25. The summed E-state index contributed by atoms with van der Waals surface area (Å²) in [5.74, 6) is -0.258. The van der Waals surface area contributed by atoms with Crippen molar-refractivity contribution in [2.75, 3.05) is 6.54 Å². The summed E-state index contributed by atoms with van der Waals surface area (Å²) in [7, 11) is 0. The van der Waals surface area contributed by atoms with Crippen molar-refractivity contribution in [1.29, 1.82) is 0 Å². The highest BCUT2D eigenvalue weighted by molar-refractivity contribution is 5.78. The average molecular weight is 256 g/mol. The number of aliphatic carboxylic acids is 1. The first kappa shape index (κ1) is 15.4. The van der Waals surface area contributed by atoms with Crippen LogP contribution in [0.4, 0.5) is 0 Å². The number of nitrogens with two attached hydrogens (primary N) is 1. The van der Waals surface area contributed by atoms with Crippen molar-refractivity contribution in [1.82, 2.24) is 4.90 Å². The molecule has 0 aromatic rings. The number of rotatable bonds is 5. The van der Waals surface area contributed by atoms with Crippen molar-refractivity contribution in [3.63, 3.8) is 0 Å². The quantitative estimate of drug-likeness (QED) is 0.790. The van der Waals surface area contributed by atoms with E-state index in [1.165, 1.54) is 0 Å². The third-order valence-electron chi connectivity index (χ3n) is 3.89. The predicted octanol–water partition coefficient (Wildman–Crippen LogP) is 2.08. The SMILES string of the molecule is CC(C)CN(C(C)C)C1CCCC(N)(C(=O)O)C1. The molecule has 1 fully saturated rings. The van der Waals surface area contributed by atoms with Crippen molar-refractivity contribution in [2.45, 2.75) is 71.0 Å². The van der Waals surface area contributed by atoms with E-state index in [0.29, 0.717) is 30.8 Å². The molecule has 0 spiro atoms. The molecule has 2 atom stereocenters. The fourth-order valence-electron chi connectivity index (χ4n) is 2.96. The number of carbonyl (C=O) groups is 1. The first-order valence-electron chi connectivity index (χ1n) is 7.04. The minimum atomic E-state index is -1.02. The number of nitrogens with zero attached hydrogens (tertiary/aromatic N) is 1. The lowest BCUT2D eigenvalue weighted by Gasteiger charge is -2.43. The molecule has 0 aromatic carbocycles. The summed E-state index contributed by atoms with van der Waals surface area (Å²) in [4.78, 5) is 13.7. The minimum absolute atomic E-state index is 0.308. The highest BCUT2D eigenvalue weighted by Crippen LogP contribution is 2.31. The zero-order valence-electron chi connectivity index (χ0n) is 12.1. The van der Waals surface area contributed by atoms with Gasteiger partial charge in [0, 0.05) is 18.6 Å². The third-order valence-corrected chi connectivity index (χ3v) is 3.89. The van der Waals surface area contributed by atoms with E-state index < -0.39 is 11.5 Å². The van der Waals surface area contributed by atoms with Crippen molar-refractivity contribution < 1.29 is 9.90 Å². The lowest BCUT2D eigenvalue weighted by molar-refractivity contribution is -0.145. The fourth-order valence-corrected chi connectivity index (χ4v) is 2.96. The van der Waals surface area contributed by atoms with Gasteiger partial charge in [0.1, 0.15) is 5.54 Å². The second kappa shape index (κ2) is 6.02. The smallest absolute Gasteiger partial charge is 0.323 e. The Bertz CT molecular complexity index is 292. The maximum atomic E-state index is 11.3. The van der Waals surface area contributed by atoms with Gasteiger partial charge in [-0.05, 0) is 45.4 Å². The van der Waals surface area contributed by atoms with Gasteiger partial charge in [-0.25, -0.2) is 0 Å². The molecule has 2 unspecified atom stereocenters. The molecule has 1 aliphatic rings. The van der Waals surface area contributed by atoms with Gasteiger partial charge in [0.25, 0.3) is 0 Å². The molecule has 0 bridgehead atoms. The molecule has 3 N–H and O–H groups in total. The van der Waals surface area contributed by atoms with Crippen LogP contribution in [-0.4, -0.2) is 40.1 Å². The highest BCUT2D eigenvalue weighted by Gasteiger charge is 2.41. The maximum Gasteiger partial charge on any atom is 0.323 e. The van der Waals surface area contributed by atoms with Gasteiger partial charge in [0.2, 0.25) is 0 Å². The zero-order chi connectivity index (χ0) is 13.9. The van der Waals surface area contributed by atoms with E-state index in [0.717, 1.165) is 19.4 Å². The Morgan fingerprint density at radius 2 is 2.06 bits per heavy atom. The van der Waals surface area contributed by atoms with Gasteiger partial charge in [-0.1, -0.05) is 13.8 Å². The molecule has 1 rings (SSSR count). The summed E-state index contributed by atoms with van der Waals surface area (Å²) in [6.07, 6.45) is 3.16. The minimum Gasteiger partial charge on any atom is -0.480 e. The van der Waals surface area contributed by atoms with Crippen LogP contribution in [0.3, 0.4) is 0 Å². The van der Waals surface area contributed by atoms with E-state index in [1.807, 2.05) is 0 Å². The van der Waals surface area contributed by atoms with E-state index in [1.54, 1.807) is 0 Å². The first-order chi connectivity index (χ1) is 8.26. The lowest BCUT2D eigenvalue weighted by Crippen LogP contribution is -2.57. The van der Waals surface area contributed by atoms with Crippen LogP contribution in [0.1, 0.15) is 53.4 Å².